The Bertz CT molecular complexity index is 389. The van der Waals surface area contributed by atoms with Gasteiger partial charge in [-0.25, -0.2) is 4.39 Å². The molecule has 0 saturated carbocycles. The summed E-state index contributed by atoms with van der Waals surface area (Å²) < 4.78 is 63.8. The minimum Gasteiger partial charge on any atom is -0.372 e. The van der Waals surface area contributed by atoms with E-state index in [1.54, 1.807) is 0 Å². The highest BCUT2D eigenvalue weighted by molar-refractivity contribution is 7.85. The average Bonchev–Trinajstić information content (AvgIpc) is 2.27. The second-order valence-electron chi connectivity index (χ2n) is 3.52. The van der Waals surface area contributed by atoms with Gasteiger partial charge in [0.2, 0.25) is 0 Å². The summed E-state index contributed by atoms with van der Waals surface area (Å²) in [5, 5.41) is 0. The molecule has 1 unspecified atom stereocenters. The van der Waals surface area contributed by atoms with Crippen LogP contribution in [0.4, 0.5) is 17.6 Å². The van der Waals surface area contributed by atoms with Crippen LogP contribution in [0, 0.1) is 5.82 Å². The fourth-order valence-electron chi connectivity index (χ4n) is 1.18. The molecule has 0 radical (unpaired) electrons. The molecule has 1 aromatic rings. The quantitative estimate of drug-likeness (QED) is 0.593. The Morgan fingerprint density at radius 3 is 2.33 bits per heavy atom. The summed E-state index contributed by atoms with van der Waals surface area (Å²) in [6.07, 6.45) is -4.09. The lowest BCUT2D eigenvalue weighted by atomic mass is 10.4. The van der Waals surface area contributed by atoms with Crippen molar-refractivity contribution in [2.24, 2.45) is 0 Å². The molecule has 0 spiro atoms. The van der Waals surface area contributed by atoms with Crippen LogP contribution in [-0.4, -0.2) is 29.4 Å². The third-order valence-corrected chi connectivity index (χ3v) is 3.42. The molecule has 18 heavy (non-hydrogen) atoms. The van der Waals surface area contributed by atoms with Gasteiger partial charge in [0.05, 0.1) is 10.8 Å². The molecule has 0 N–H and O–H groups in total. The highest BCUT2D eigenvalue weighted by atomic mass is 32.2. The lowest BCUT2D eigenvalue weighted by Crippen LogP contribution is -2.17. The first-order chi connectivity index (χ1) is 8.38. The highest BCUT2D eigenvalue weighted by Gasteiger charge is 2.27. The second kappa shape index (κ2) is 6.84. The van der Waals surface area contributed by atoms with Crippen molar-refractivity contribution in [3.8, 4) is 0 Å². The van der Waals surface area contributed by atoms with Gasteiger partial charge in [0.15, 0.2) is 0 Å². The molecule has 0 fully saturated rings. The van der Waals surface area contributed by atoms with Gasteiger partial charge in [-0.3, -0.25) is 4.21 Å². The smallest absolute Gasteiger partial charge is 0.372 e. The Hall–Kier alpha value is -0.950. The predicted molar refractivity (Wildman–Crippen MR) is 59.2 cm³/mol. The molecule has 0 amide bonds. The van der Waals surface area contributed by atoms with E-state index in [-0.39, 0.29) is 18.8 Å². The summed E-state index contributed by atoms with van der Waals surface area (Å²) in [4.78, 5) is 0.451. The van der Waals surface area contributed by atoms with Crippen LogP contribution in [0.5, 0.6) is 0 Å². The normalized spacial score (nSPS) is 13.6. The van der Waals surface area contributed by atoms with Gasteiger partial charge >= 0.3 is 6.18 Å². The summed E-state index contributed by atoms with van der Waals surface area (Å²) in [7, 11) is -1.34. The molecule has 1 aromatic carbocycles. The number of ether oxygens (including phenoxy) is 1. The summed E-state index contributed by atoms with van der Waals surface area (Å²) in [6, 6.07) is 5.16. The SMILES string of the molecule is O=S(CCCOCC(F)(F)F)c1ccc(F)cc1. The molecule has 0 aliphatic rings. The molecular formula is C11H12F4O2S. The Balaban J connectivity index is 2.24. The van der Waals surface area contributed by atoms with E-state index in [1.165, 1.54) is 24.3 Å². The molecule has 2 nitrogen and oxygen atoms in total. The molecule has 102 valence electrons. The molecule has 0 aliphatic carbocycles. The largest absolute Gasteiger partial charge is 0.411 e. The van der Waals surface area contributed by atoms with Crippen molar-refractivity contribution >= 4 is 10.8 Å². The van der Waals surface area contributed by atoms with Crippen molar-refractivity contribution in [2.45, 2.75) is 17.5 Å². The zero-order valence-corrected chi connectivity index (χ0v) is 10.2. The van der Waals surface area contributed by atoms with E-state index < -0.39 is 29.4 Å². The van der Waals surface area contributed by atoms with Crippen molar-refractivity contribution in [2.75, 3.05) is 19.0 Å². The fraction of sp³-hybridized carbons (Fsp3) is 0.455. The van der Waals surface area contributed by atoms with Gasteiger partial charge in [-0.2, -0.15) is 13.2 Å². The lowest BCUT2D eigenvalue weighted by molar-refractivity contribution is -0.173. The Morgan fingerprint density at radius 2 is 1.78 bits per heavy atom. The zero-order chi connectivity index (χ0) is 13.6. The standard InChI is InChI=1S/C11H12F4O2S/c12-9-2-4-10(5-3-9)18(16)7-1-6-17-8-11(13,14)15/h2-5H,1,6-8H2. The molecule has 1 atom stereocenters. The molecule has 0 saturated heterocycles. The van der Waals surface area contributed by atoms with Gasteiger partial charge in [-0.15, -0.1) is 0 Å². The van der Waals surface area contributed by atoms with E-state index in [9.17, 15) is 21.8 Å². The van der Waals surface area contributed by atoms with Gasteiger partial charge in [0.25, 0.3) is 0 Å². The molecule has 7 heteroatoms. The molecule has 0 bridgehead atoms. The van der Waals surface area contributed by atoms with Gasteiger partial charge in [-0.05, 0) is 30.7 Å². The van der Waals surface area contributed by atoms with Crippen LogP contribution in [0.1, 0.15) is 6.42 Å². The number of alkyl halides is 3. The van der Waals surface area contributed by atoms with Crippen molar-refractivity contribution in [3.05, 3.63) is 30.1 Å². The number of halogens is 4. The fourth-order valence-corrected chi connectivity index (χ4v) is 2.24. The van der Waals surface area contributed by atoms with Crippen molar-refractivity contribution in [1.82, 2.24) is 0 Å². The lowest BCUT2D eigenvalue weighted by Gasteiger charge is -2.07. The molecular weight excluding hydrogens is 272 g/mol. The number of benzene rings is 1. The molecule has 0 aliphatic heterocycles. The van der Waals surface area contributed by atoms with Gasteiger partial charge in [-0.1, -0.05) is 0 Å². The highest BCUT2D eigenvalue weighted by Crippen LogP contribution is 2.14. The van der Waals surface area contributed by atoms with E-state index in [1.807, 2.05) is 0 Å². The van der Waals surface area contributed by atoms with Crippen LogP contribution in [0.2, 0.25) is 0 Å². The number of hydrogen-bond donors (Lipinski definition) is 0. The first kappa shape index (κ1) is 15.1. The Kier molecular flexibility index (Phi) is 5.74. The van der Waals surface area contributed by atoms with Crippen molar-refractivity contribution < 1.29 is 26.5 Å². The van der Waals surface area contributed by atoms with Gasteiger partial charge in [0.1, 0.15) is 12.4 Å². The summed E-state index contributed by atoms with van der Waals surface area (Å²) in [5.74, 6) is -0.243. The van der Waals surface area contributed by atoms with Gasteiger partial charge < -0.3 is 4.74 Å². The van der Waals surface area contributed by atoms with Crippen LogP contribution in [0.25, 0.3) is 0 Å². The minimum atomic E-state index is -4.34. The zero-order valence-electron chi connectivity index (χ0n) is 9.37. The van der Waals surface area contributed by atoms with Crippen molar-refractivity contribution in [3.63, 3.8) is 0 Å². The monoisotopic (exact) mass is 284 g/mol. The second-order valence-corrected chi connectivity index (χ2v) is 5.10. The first-order valence-electron chi connectivity index (χ1n) is 5.17. The van der Waals surface area contributed by atoms with Crippen LogP contribution >= 0.6 is 0 Å². The molecule has 1 rings (SSSR count). The maximum absolute atomic E-state index is 12.6. The average molecular weight is 284 g/mol. The maximum atomic E-state index is 12.6. The minimum absolute atomic E-state index is 0.105. The van der Waals surface area contributed by atoms with Crippen LogP contribution in [0.3, 0.4) is 0 Å². The van der Waals surface area contributed by atoms with E-state index in [2.05, 4.69) is 4.74 Å². The van der Waals surface area contributed by atoms with E-state index >= 15 is 0 Å². The molecule has 0 heterocycles. The van der Waals surface area contributed by atoms with E-state index in [0.717, 1.165) is 0 Å². The van der Waals surface area contributed by atoms with E-state index in [4.69, 9.17) is 0 Å². The third-order valence-electron chi connectivity index (χ3n) is 1.96. The number of rotatable bonds is 6. The van der Waals surface area contributed by atoms with Crippen molar-refractivity contribution in [1.29, 1.82) is 0 Å². The van der Waals surface area contributed by atoms with Crippen LogP contribution in [0.15, 0.2) is 29.2 Å². The van der Waals surface area contributed by atoms with E-state index in [0.29, 0.717) is 4.90 Å². The molecule has 0 aromatic heterocycles. The number of hydrogen-bond acceptors (Lipinski definition) is 2. The van der Waals surface area contributed by atoms with Crippen LogP contribution in [-0.2, 0) is 15.5 Å². The Morgan fingerprint density at radius 1 is 1.17 bits per heavy atom. The third kappa shape index (κ3) is 6.11. The topological polar surface area (TPSA) is 26.3 Å². The summed E-state index contributed by atoms with van der Waals surface area (Å²) in [6.45, 7) is -1.40. The van der Waals surface area contributed by atoms with Gasteiger partial charge in [0, 0.05) is 17.3 Å². The first-order valence-corrected chi connectivity index (χ1v) is 6.49. The Labute approximate surface area is 104 Å². The maximum Gasteiger partial charge on any atom is 0.411 e. The predicted octanol–water partition coefficient (Wildman–Crippen LogP) is 2.90. The summed E-state index contributed by atoms with van der Waals surface area (Å²) >= 11 is 0. The summed E-state index contributed by atoms with van der Waals surface area (Å²) in [5.41, 5.74) is 0. The van der Waals surface area contributed by atoms with Crippen LogP contribution < -0.4 is 0 Å².